The Hall–Kier alpha value is -5.30. The van der Waals surface area contributed by atoms with Crippen LogP contribution in [0.2, 0.25) is 0 Å². The van der Waals surface area contributed by atoms with E-state index in [-0.39, 0.29) is 29.0 Å². The second-order valence-electron chi connectivity index (χ2n) is 11.3. The lowest BCUT2D eigenvalue weighted by Gasteiger charge is -2.34. The molecule has 1 N–H and O–H groups in total. The molecule has 10 nitrogen and oxygen atoms in total. The van der Waals surface area contributed by atoms with Crippen molar-refractivity contribution in [3.63, 3.8) is 0 Å². The topological polar surface area (TPSA) is 105 Å². The van der Waals surface area contributed by atoms with E-state index in [1.165, 1.54) is 12.1 Å². The molecule has 0 radical (unpaired) electrons. The average molecular weight is 644 g/mol. The normalized spacial score (nSPS) is 14.4. The second-order valence-corrected chi connectivity index (χ2v) is 11.3. The third-order valence-electron chi connectivity index (χ3n) is 8.02. The van der Waals surface area contributed by atoms with Gasteiger partial charge in [0.15, 0.2) is 5.69 Å². The van der Waals surface area contributed by atoms with Crippen LogP contribution in [0.25, 0.3) is 10.8 Å². The van der Waals surface area contributed by atoms with Gasteiger partial charge in [-0.15, -0.1) is 5.10 Å². The molecule has 1 aliphatic heterocycles. The molecule has 0 aliphatic carbocycles. The minimum absolute atomic E-state index is 0.0360. The minimum Gasteiger partial charge on any atom is -0.454 e. The maximum absolute atomic E-state index is 13.3. The zero-order chi connectivity index (χ0) is 32.9. The molecule has 1 saturated heterocycles. The van der Waals surface area contributed by atoms with Crippen LogP contribution in [0.3, 0.4) is 0 Å². The lowest BCUT2D eigenvalue weighted by molar-refractivity contribution is -0.0669. The predicted molar refractivity (Wildman–Crippen MR) is 169 cm³/mol. The molecule has 2 aromatic heterocycles. The van der Waals surface area contributed by atoms with Crippen molar-refractivity contribution in [3.8, 4) is 5.75 Å². The van der Waals surface area contributed by atoms with Crippen LogP contribution in [-0.2, 0) is 13.1 Å². The maximum atomic E-state index is 13.3. The molecular weight excluding hydrogens is 611 g/mol. The Morgan fingerprint density at radius 1 is 0.872 bits per heavy atom. The minimum atomic E-state index is -3.21. The summed E-state index contributed by atoms with van der Waals surface area (Å²) in [6, 6.07) is 23.4. The Labute approximate surface area is 268 Å². The first kappa shape index (κ1) is 31.7. The number of carbonyl (C=O) groups is 2. The van der Waals surface area contributed by atoms with Crippen molar-refractivity contribution in [1.29, 1.82) is 0 Å². The Kier molecular flexibility index (Phi) is 9.43. The fraction of sp³-hybridized carbons (Fsp3) is 0.265. The number of hydrogen-bond donors (Lipinski definition) is 1. The molecule has 242 valence electrons. The van der Waals surface area contributed by atoms with E-state index < -0.39 is 12.8 Å². The number of ether oxygens (including phenoxy) is 1. The van der Waals surface area contributed by atoms with Crippen molar-refractivity contribution in [3.05, 3.63) is 113 Å². The highest BCUT2D eigenvalue weighted by Crippen LogP contribution is 2.21. The maximum Gasteiger partial charge on any atom is 0.304 e. The van der Waals surface area contributed by atoms with Gasteiger partial charge < -0.3 is 15.0 Å². The number of anilines is 1. The number of amides is 2. The highest BCUT2D eigenvalue weighted by molar-refractivity contribution is 6.04. The molecule has 3 heterocycles. The van der Waals surface area contributed by atoms with Crippen molar-refractivity contribution >= 4 is 28.3 Å². The van der Waals surface area contributed by atoms with Crippen molar-refractivity contribution in [2.45, 2.75) is 32.8 Å². The van der Waals surface area contributed by atoms with Gasteiger partial charge in [0.2, 0.25) is 0 Å². The monoisotopic (exact) mass is 643 g/mol. The number of halogens is 3. The number of rotatable bonds is 10. The van der Waals surface area contributed by atoms with Gasteiger partial charge in [-0.25, -0.2) is 13.5 Å². The van der Waals surface area contributed by atoms with E-state index in [0.717, 1.165) is 21.9 Å². The number of fused-ring (bicyclic) bond motifs is 1. The van der Waals surface area contributed by atoms with E-state index in [2.05, 4.69) is 30.2 Å². The van der Waals surface area contributed by atoms with E-state index in [1.54, 1.807) is 47.0 Å². The Morgan fingerprint density at radius 2 is 1.60 bits per heavy atom. The number of carbonyl (C=O) groups excluding carboxylic acids is 2. The van der Waals surface area contributed by atoms with E-state index in [0.29, 0.717) is 50.6 Å². The molecule has 0 bridgehead atoms. The number of nitrogens with one attached hydrogen (secondary N) is 1. The number of alkyl halides is 3. The van der Waals surface area contributed by atoms with Crippen LogP contribution in [0.4, 0.5) is 18.9 Å². The first-order valence-corrected chi connectivity index (χ1v) is 15.1. The average Bonchev–Trinajstić information content (AvgIpc) is 3.45. The summed E-state index contributed by atoms with van der Waals surface area (Å²) in [5.74, 6) is -0.481. The molecule has 1 fully saturated rings. The van der Waals surface area contributed by atoms with Crippen LogP contribution >= 0.6 is 0 Å². The summed E-state index contributed by atoms with van der Waals surface area (Å²) in [5.41, 5.74) is 3.57. The van der Waals surface area contributed by atoms with Crippen LogP contribution in [0.15, 0.2) is 85.1 Å². The van der Waals surface area contributed by atoms with Crippen molar-refractivity contribution in [2.75, 3.05) is 31.5 Å². The smallest absolute Gasteiger partial charge is 0.304 e. The van der Waals surface area contributed by atoms with Gasteiger partial charge in [0.25, 0.3) is 18.2 Å². The van der Waals surface area contributed by atoms with Crippen LogP contribution in [-0.4, -0.2) is 80.6 Å². The van der Waals surface area contributed by atoms with Gasteiger partial charge in [-0.05, 0) is 59.2 Å². The standard InChI is InChI=1S/C34H32F3N7O3/c1-22-30(34(46)43-16-14-42(15-17-43)20-23-6-11-28(12-7-23)47-32(37)31(35)36)40-41-44(22)21-24-8-13-29(38-19-24)33(45)39-27-10-9-25-4-2-3-5-26(25)18-27/h2-13,18-19,31-32H,14-17,20-21H2,1H3,(H,39,45). The second kappa shape index (κ2) is 14.0. The Balaban J connectivity index is 0.997. The third-order valence-corrected chi connectivity index (χ3v) is 8.02. The highest BCUT2D eigenvalue weighted by atomic mass is 19.3. The van der Waals surface area contributed by atoms with E-state index in [9.17, 15) is 22.8 Å². The molecule has 3 aromatic carbocycles. The summed E-state index contributed by atoms with van der Waals surface area (Å²) >= 11 is 0. The molecule has 13 heteroatoms. The summed E-state index contributed by atoms with van der Waals surface area (Å²) in [6.07, 6.45) is -4.26. The number of hydrogen-bond acceptors (Lipinski definition) is 7. The molecule has 1 atom stereocenters. The number of aromatic nitrogens is 4. The van der Waals surface area contributed by atoms with E-state index >= 15 is 0 Å². The summed E-state index contributed by atoms with van der Waals surface area (Å²) in [4.78, 5) is 34.3. The zero-order valence-electron chi connectivity index (χ0n) is 25.5. The van der Waals surface area contributed by atoms with Gasteiger partial charge in [0.1, 0.15) is 11.4 Å². The number of pyridine rings is 1. The lowest BCUT2D eigenvalue weighted by atomic mass is 10.1. The van der Waals surface area contributed by atoms with Crippen LogP contribution < -0.4 is 10.1 Å². The molecule has 5 aromatic rings. The van der Waals surface area contributed by atoms with Crippen molar-refractivity contribution in [2.24, 2.45) is 0 Å². The van der Waals surface area contributed by atoms with Crippen LogP contribution in [0.1, 0.15) is 37.8 Å². The first-order valence-electron chi connectivity index (χ1n) is 15.1. The van der Waals surface area contributed by atoms with Crippen LogP contribution in [0, 0.1) is 6.92 Å². The predicted octanol–water partition coefficient (Wildman–Crippen LogP) is 5.33. The van der Waals surface area contributed by atoms with Crippen molar-refractivity contribution < 1.29 is 27.5 Å². The zero-order valence-corrected chi connectivity index (χ0v) is 25.5. The molecule has 1 unspecified atom stereocenters. The number of piperazine rings is 1. The molecule has 47 heavy (non-hydrogen) atoms. The van der Waals surface area contributed by atoms with Gasteiger partial charge in [-0.1, -0.05) is 53.7 Å². The van der Waals surface area contributed by atoms with Gasteiger partial charge in [0, 0.05) is 44.6 Å². The fourth-order valence-corrected chi connectivity index (χ4v) is 5.37. The molecule has 1 aliphatic rings. The molecule has 0 spiro atoms. The summed E-state index contributed by atoms with van der Waals surface area (Å²) in [6.45, 7) is 4.96. The summed E-state index contributed by atoms with van der Waals surface area (Å²) in [7, 11) is 0. The lowest BCUT2D eigenvalue weighted by Crippen LogP contribution is -2.48. The molecule has 6 rings (SSSR count). The summed E-state index contributed by atoms with van der Waals surface area (Å²) in [5, 5.41) is 13.4. The first-order chi connectivity index (χ1) is 22.7. The van der Waals surface area contributed by atoms with Crippen molar-refractivity contribution in [1.82, 2.24) is 29.8 Å². The number of nitrogens with zero attached hydrogens (tertiary/aromatic N) is 6. The van der Waals surface area contributed by atoms with Gasteiger partial charge in [-0.2, -0.15) is 4.39 Å². The van der Waals surface area contributed by atoms with E-state index in [4.69, 9.17) is 0 Å². The van der Waals surface area contributed by atoms with Gasteiger partial charge in [-0.3, -0.25) is 19.5 Å². The van der Waals surface area contributed by atoms with E-state index in [1.807, 2.05) is 42.5 Å². The number of benzene rings is 3. The molecular formula is C34H32F3N7O3. The van der Waals surface area contributed by atoms with Gasteiger partial charge >= 0.3 is 6.43 Å². The van der Waals surface area contributed by atoms with Crippen LogP contribution in [0.5, 0.6) is 5.75 Å². The summed E-state index contributed by atoms with van der Waals surface area (Å²) < 4.78 is 44.1. The Morgan fingerprint density at radius 3 is 2.30 bits per heavy atom. The highest BCUT2D eigenvalue weighted by Gasteiger charge is 2.26. The third kappa shape index (κ3) is 7.58. The quantitative estimate of drug-likeness (QED) is 0.219. The Bertz CT molecular complexity index is 1860. The SMILES string of the molecule is Cc1c(C(=O)N2CCN(Cc3ccc(OC(F)C(F)F)cc3)CC2)nnn1Cc1ccc(C(=O)Nc2ccc3ccccc3c2)nc1. The van der Waals surface area contributed by atoms with Gasteiger partial charge in [0.05, 0.1) is 12.2 Å². The fourth-order valence-electron chi connectivity index (χ4n) is 5.37. The molecule has 0 saturated carbocycles. The largest absolute Gasteiger partial charge is 0.454 e. The molecule has 2 amide bonds.